The second kappa shape index (κ2) is 10.5. The largest absolute Gasteiger partial charge is 0.497 e. The zero-order chi connectivity index (χ0) is 19.5. The fraction of sp³-hybridized carbons (Fsp3) is 0.333. The molecular formula is C18H21N3O5. The number of methoxy groups -OCH3 is 1. The Morgan fingerprint density at radius 2 is 2.08 bits per heavy atom. The molecule has 1 aromatic rings. The number of carbonyl (C=O) groups excluding carboxylic acids is 3. The zero-order valence-corrected chi connectivity index (χ0v) is 14.9. The highest BCUT2D eigenvalue weighted by Gasteiger charge is 2.15. The highest BCUT2D eigenvalue weighted by atomic mass is 16.5. The van der Waals surface area contributed by atoms with Crippen molar-refractivity contribution >= 4 is 24.0 Å². The summed E-state index contributed by atoms with van der Waals surface area (Å²) in [6, 6.07) is 7.69. The molecule has 138 valence electrons. The van der Waals surface area contributed by atoms with Crippen molar-refractivity contribution in [3.05, 3.63) is 35.4 Å². The molecule has 26 heavy (non-hydrogen) atoms. The summed E-state index contributed by atoms with van der Waals surface area (Å²) in [5.74, 6) is -1.19. The van der Waals surface area contributed by atoms with Crippen molar-refractivity contribution in [1.82, 2.24) is 10.6 Å². The standard InChI is InChI=1S/C18H21N3O5/c1-4-12(2)20-18(24)21-16(22)11-26-17(23)14(10-19)8-13-6-5-7-15(9-13)25-3/h5-9,12H,4,11H2,1-3H3,(H2,20,21,22,24)/b14-8+/t12-/m1/s1. The van der Waals surface area contributed by atoms with E-state index in [1.807, 2.05) is 12.2 Å². The third-order valence-corrected chi connectivity index (χ3v) is 3.32. The number of nitrogens with one attached hydrogen (secondary N) is 2. The molecule has 0 radical (unpaired) electrons. The molecule has 8 heteroatoms. The lowest BCUT2D eigenvalue weighted by atomic mass is 10.1. The van der Waals surface area contributed by atoms with Gasteiger partial charge in [0.05, 0.1) is 7.11 Å². The molecule has 0 aliphatic carbocycles. The van der Waals surface area contributed by atoms with Crippen LogP contribution in [0, 0.1) is 11.3 Å². The average molecular weight is 359 g/mol. The lowest BCUT2D eigenvalue weighted by Gasteiger charge is -2.11. The number of imide groups is 1. The Bertz CT molecular complexity index is 737. The molecule has 2 N–H and O–H groups in total. The minimum atomic E-state index is -0.965. The minimum absolute atomic E-state index is 0.0960. The Morgan fingerprint density at radius 3 is 2.69 bits per heavy atom. The summed E-state index contributed by atoms with van der Waals surface area (Å²) in [5, 5.41) is 13.7. The monoisotopic (exact) mass is 359 g/mol. The van der Waals surface area contributed by atoms with Crippen molar-refractivity contribution in [2.75, 3.05) is 13.7 Å². The first-order chi connectivity index (χ1) is 12.4. The Balaban J connectivity index is 2.61. The number of benzene rings is 1. The third kappa shape index (κ3) is 7.05. The maximum absolute atomic E-state index is 11.9. The van der Waals surface area contributed by atoms with E-state index in [9.17, 15) is 14.4 Å². The van der Waals surface area contributed by atoms with Crippen molar-refractivity contribution in [2.45, 2.75) is 26.3 Å². The smallest absolute Gasteiger partial charge is 0.349 e. The second-order valence-electron chi connectivity index (χ2n) is 5.35. The van der Waals surface area contributed by atoms with Gasteiger partial charge in [0.2, 0.25) is 0 Å². The molecule has 1 rings (SSSR count). The number of esters is 1. The van der Waals surface area contributed by atoms with Gasteiger partial charge in [-0.05, 0) is 37.1 Å². The van der Waals surface area contributed by atoms with Crippen molar-refractivity contribution in [3.63, 3.8) is 0 Å². The lowest BCUT2D eigenvalue weighted by molar-refractivity contribution is -0.144. The van der Waals surface area contributed by atoms with Crippen LogP contribution in [0.15, 0.2) is 29.8 Å². The molecule has 0 saturated heterocycles. The number of carbonyl (C=O) groups is 3. The molecule has 0 aliphatic rings. The van der Waals surface area contributed by atoms with Crippen LogP contribution in [0.3, 0.4) is 0 Å². The maximum atomic E-state index is 11.9. The van der Waals surface area contributed by atoms with E-state index in [1.165, 1.54) is 13.2 Å². The molecule has 0 fully saturated rings. The van der Waals surface area contributed by atoms with E-state index in [2.05, 4.69) is 5.32 Å². The summed E-state index contributed by atoms with van der Waals surface area (Å²) < 4.78 is 9.83. The number of urea groups is 1. The summed E-state index contributed by atoms with van der Waals surface area (Å²) in [6.07, 6.45) is 2.02. The van der Waals surface area contributed by atoms with E-state index in [4.69, 9.17) is 14.7 Å². The Morgan fingerprint density at radius 1 is 1.35 bits per heavy atom. The summed E-state index contributed by atoms with van der Waals surface area (Å²) in [7, 11) is 1.50. The van der Waals surface area contributed by atoms with Crippen LogP contribution in [0.25, 0.3) is 6.08 Å². The molecule has 0 bridgehead atoms. The average Bonchev–Trinajstić information content (AvgIpc) is 2.63. The van der Waals surface area contributed by atoms with Crippen LogP contribution in [0.5, 0.6) is 5.75 Å². The molecule has 1 aromatic carbocycles. The molecule has 1 atom stereocenters. The quantitative estimate of drug-likeness (QED) is 0.435. The van der Waals surface area contributed by atoms with Gasteiger partial charge in [0.15, 0.2) is 6.61 Å². The molecule has 0 aromatic heterocycles. The fourth-order valence-electron chi connectivity index (χ4n) is 1.77. The number of ether oxygens (including phenoxy) is 2. The van der Waals surface area contributed by atoms with E-state index in [1.54, 1.807) is 37.3 Å². The number of nitrogens with zero attached hydrogens (tertiary/aromatic N) is 1. The van der Waals surface area contributed by atoms with E-state index >= 15 is 0 Å². The van der Waals surface area contributed by atoms with Crippen LogP contribution in [-0.2, 0) is 14.3 Å². The van der Waals surface area contributed by atoms with Gasteiger partial charge in [0.25, 0.3) is 5.91 Å². The van der Waals surface area contributed by atoms with Crippen molar-refractivity contribution in [1.29, 1.82) is 5.26 Å². The van der Waals surface area contributed by atoms with Gasteiger partial charge in [0.1, 0.15) is 17.4 Å². The van der Waals surface area contributed by atoms with Gasteiger partial charge in [-0.15, -0.1) is 0 Å². The molecule has 8 nitrogen and oxygen atoms in total. The number of amides is 3. The Hall–Kier alpha value is -3.34. The maximum Gasteiger partial charge on any atom is 0.349 e. The van der Waals surface area contributed by atoms with Gasteiger partial charge in [-0.25, -0.2) is 9.59 Å². The molecular weight excluding hydrogens is 338 g/mol. The summed E-state index contributed by atoms with van der Waals surface area (Å²) in [6.45, 7) is 2.99. The first-order valence-corrected chi connectivity index (χ1v) is 7.92. The third-order valence-electron chi connectivity index (χ3n) is 3.32. The number of hydrogen-bond donors (Lipinski definition) is 2. The molecule has 0 saturated carbocycles. The van der Waals surface area contributed by atoms with Gasteiger partial charge in [-0.2, -0.15) is 5.26 Å². The predicted octanol–water partition coefficient (Wildman–Crippen LogP) is 1.77. The summed E-state index contributed by atoms with van der Waals surface area (Å²) in [5.41, 5.74) is 0.283. The SMILES string of the molecule is CC[C@@H](C)NC(=O)NC(=O)COC(=O)/C(C#N)=C/c1cccc(OC)c1. The molecule has 3 amide bonds. The first kappa shape index (κ1) is 20.7. The fourth-order valence-corrected chi connectivity index (χ4v) is 1.77. The lowest BCUT2D eigenvalue weighted by Crippen LogP contribution is -2.44. The van der Waals surface area contributed by atoms with Crippen molar-refractivity contribution < 1.29 is 23.9 Å². The number of hydrogen-bond acceptors (Lipinski definition) is 6. The normalized spacial score (nSPS) is 11.7. The Labute approximate surface area is 151 Å². The van der Waals surface area contributed by atoms with Gasteiger partial charge >= 0.3 is 12.0 Å². The number of nitriles is 1. The first-order valence-electron chi connectivity index (χ1n) is 7.92. The summed E-state index contributed by atoms with van der Waals surface area (Å²) in [4.78, 5) is 35.0. The van der Waals surface area contributed by atoms with Crippen LogP contribution >= 0.6 is 0 Å². The van der Waals surface area contributed by atoms with Crippen LogP contribution in [0.2, 0.25) is 0 Å². The molecule has 0 unspecified atom stereocenters. The second-order valence-corrected chi connectivity index (χ2v) is 5.35. The minimum Gasteiger partial charge on any atom is -0.497 e. The van der Waals surface area contributed by atoms with Crippen LogP contribution in [-0.4, -0.2) is 37.7 Å². The molecule has 0 heterocycles. The highest BCUT2D eigenvalue weighted by Crippen LogP contribution is 2.15. The van der Waals surface area contributed by atoms with Gasteiger partial charge < -0.3 is 14.8 Å². The van der Waals surface area contributed by atoms with Crippen molar-refractivity contribution in [3.8, 4) is 11.8 Å². The van der Waals surface area contributed by atoms with E-state index < -0.39 is 24.5 Å². The number of rotatable bonds is 7. The van der Waals surface area contributed by atoms with Gasteiger partial charge in [0, 0.05) is 6.04 Å². The van der Waals surface area contributed by atoms with Crippen LogP contribution in [0.4, 0.5) is 4.79 Å². The van der Waals surface area contributed by atoms with E-state index in [0.29, 0.717) is 17.7 Å². The van der Waals surface area contributed by atoms with Gasteiger partial charge in [-0.1, -0.05) is 19.1 Å². The van der Waals surface area contributed by atoms with Crippen LogP contribution < -0.4 is 15.4 Å². The Kier molecular flexibility index (Phi) is 8.37. The summed E-state index contributed by atoms with van der Waals surface area (Å²) >= 11 is 0. The van der Waals surface area contributed by atoms with Crippen molar-refractivity contribution in [2.24, 2.45) is 0 Å². The predicted molar refractivity (Wildman–Crippen MR) is 94.0 cm³/mol. The van der Waals surface area contributed by atoms with Gasteiger partial charge in [-0.3, -0.25) is 10.1 Å². The van der Waals surface area contributed by atoms with Crippen LogP contribution in [0.1, 0.15) is 25.8 Å². The zero-order valence-electron chi connectivity index (χ0n) is 14.9. The van der Waals surface area contributed by atoms with E-state index in [-0.39, 0.29) is 11.6 Å². The van der Waals surface area contributed by atoms with E-state index in [0.717, 1.165) is 0 Å². The molecule has 0 aliphatic heterocycles. The molecule has 0 spiro atoms. The topological polar surface area (TPSA) is 118 Å². The highest BCUT2D eigenvalue weighted by molar-refractivity contribution is 6.00.